The summed E-state index contributed by atoms with van der Waals surface area (Å²) in [5.41, 5.74) is 0.477. The van der Waals surface area contributed by atoms with Crippen LogP contribution in [0.25, 0.3) is 0 Å². The molecule has 1 rings (SSSR count). The number of hydrogen-bond acceptors (Lipinski definition) is 0. The van der Waals surface area contributed by atoms with Gasteiger partial charge in [0.05, 0.1) is 6.67 Å². The quantitative estimate of drug-likeness (QED) is 0.625. The van der Waals surface area contributed by atoms with Crippen LogP contribution in [-0.2, 0) is 0 Å². The van der Waals surface area contributed by atoms with Gasteiger partial charge in [0, 0.05) is 0 Å². The molecule has 0 amide bonds. The van der Waals surface area contributed by atoms with E-state index in [1.807, 2.05) is 0 Å². The van der Waals surface area contributed by atoms with E-state index in [1.165, 1.54) is 25.7 Å². The fraction of sp³-hybridized carbons (Fsp3) is 1.00. The van der Waals surface area contributed by atoms with Crippen molar-refractivity contribution in [1.29, 1.82) is 0 Å². The molecule has 14 heavy (non-hydrogen) atoms. The summed E-state index contributed by atoms with van der Waals surface area (Å²) in [7, 11) is 0. The molecule has 1 fully saturated rings. The zero-order valence-corrected chi connectivity index (χ0v) is 9.98. The smallest absolute Gasteiger partial charge is 0.0894 e. The van der Waals surface area contributed by atoms with Crippen molar-refractivity contribution in [1.82, 2.24) is 0 Å². The highest BCUT2D eigenvalue weighted by Crippen LogP contribution is 2.40. The number of halogens is 1. The molecule has 0 radical (unpaired) electrons. The van der Waals surface area contributed by atoms with E-state index in [9.17, 15) is 4.39 Å². The Kier molecular flexibility index (Phi) is 4.40. The van der Waals surface area contributed by atoms with Crippen LogP contribution in [0.1, 0.15) is 59.3 Å². The molecule has 0 bridgehead atoms. The Morgan fingerprint density at radius 3 is 2.07 bits per heavy atom. The molecule has 1 saturated carbocycles. The van der Waals surface area contributed by atoms with E-state index in [0.717, 1.165) is 24.7 Å². The molecule has 0 heterocycles. The second kappa shape index (κ2) is 5.14. The lowest BCUT2D eigenvalue weighted by Gasteiger charge is -2.37. The Bertz CT molecular complexity index is 149. The molecular weight excluding hydrogens is 175 g/mol. The van der Waals surface area contributed by atoms with E-state index in [0.29, 0.717) is 5.41 Å². The molecule has 0 spiro atoms. The van der Waals surface area contributed by atoms with Crippen LogP contribution in [-0.4, -0.2) is 6.67 Å². The van der Waals surface area contributed by atoms with Crippen molar-refractivity contribution in [3.05, 3.63) is 0 Å². The van der Waals surface area contributed by atoms with Crippen molar-refractivity contribution in [3.63, 3.8) is 0 Å². The first-order chi connectivity index (χ1) is 6.54. The van der Waals surface area contributed by atoms with Gasteiger partial charge in [-0.05, 0) is 42.9 Å². The monoisotopic (exact) mass is 200 g/mol. The summed E-state index contributed by atoms with van der Waals surface area (Å²) in [6.45, 7) is 6.91. The van der Waals surface area contributed by atoms with Crippen molar-refractivity contribution >= 4 is 0 Å². The van der Waals surface area contributed by atoms with Gasteiger partial charge in [0.1, 0.15) is 0 Å². The predicted molar refractivity (Wildman–Crippen MR) is 60.1 cm³/mol. The molecule has 0 aliphatic heterocycles. The minimum Gasteiger partial charge on any atom is -0.251 e. The van der Waals surface area contributed by atoms with Crippen LogP contribution >= 0.6 is 0 Å². The number of rotatable bonds is 3. The van der Waals surface area contributed by atoms with Crippen LogP contribution in [0, 0.1) is 17.3 Å². The predicted octanol–water partition coefficient (Wildman–Crippen LogP) is 4.59. The molecule has 1 aliphatic carbocycles. The zero-order valence-electron chi connectivity index (χ0n) is 9.98. The lowest BCUT2D eigenvalue weighted by atomic mass is 9.69. The van der Waals surface area contributed by atoms with Crippen LogP contribution < -0.4 is 0 Å². The van der Waals surface area contributed by atoms with E-state index < -0.39 is 0 Å². The van der Waals surface area contributed by atoms with E-state index in [1.54, 1.807) is 0 Å². The Morgan fingerprint density at radius 1 is 1.07 bits per heavy atom. The highest BCUT2D eigenvalue weighted by molar-refractivity contribution is 4.80. The normalized spacial score (nSPS) is 29.1. The molecule has 0 nitrogen and oxygen atoms in total. The molecule has 84 valence electrons. The molecule has 0 aromatic carbocycles. The van der Waals surface area contributed by atoms with Gasteiger partial charge in [-0.3, -0.25) is 4.39 Å². The van der Waals surface area contributed by atoms with Gasteiger partial charge in [-0.1, -0.05) is 33.6 Å². The van der Waals surface area contributed by atoms with Crippen LogP contribution in [0.15, 0.2) is 0 Å². The Hall–Kier alpha value is -0.0700. The highest BCUT2D eigenvalue weighted by atomic mass is 19.1. The second-order valence-electron chi connectivity index (χ2n) is 5.91. The molecule has 0 N–H and O–H groups in total. The minimum absolute atomic E-state index is 0.126. The van der Waals surface area contributed by atoms with Crippen LogP contribution in [0.5, 0.6) is 0 Å². The maximum Gasteiger partial charge on any atom is 0.0894 e. The van der Waals surface area contributed by atoms with E-state index in [4.69, 9.17) is 0 Å². The van der Waals surface area contributed by atoms with E-state index in [-0.39, 0.29) is 6.67 Å². The first kappa shape index (κ1) is 12.0. The SMILES string of the molecule is CC(C)(C)C1CCC(CCCF)CC1. The summed E-state index contributed by atoms with van der Waals surface area (Å²) < 4.78 is 12.0. The third-order valence-corrected chi connectivity index (χ3v) is 3.82. The van der Waals surface area contributed by atoms with Gasteiger partial charge in [-0.2, -0.15) is 0 Å². The van der Waals surface area contributed by atoms with Gasteiger partial charge in [0.25, 0.3) is 0 Å². The van der Waals surface area contributed by atoms with Gasteiger partial charge >= 0.3 is 0 Å². The highest BCUT2D eigenvalue weighted by Gasteiger charge is 2.29. The molecule has 0 saturated heterocycles. The van der Waals surface area contributed by atoms with Crippen LogP contribution in [0.4, 0.5) is 4.39 Å². The summed E-state index contributed by atoms with van der Waals surface area (Å²) in [5.74, 6) is 1.72. The molecule has 0 unspecified atom stereocenters. The lowest BCUT2D eigenvalue weighted by Crippen LogP contribution is -2.25. The van der Waals surface area contributed by atoms with Crippen LogP contribution in [0.3, 0.4) is 0 Å². The fourth-order valence-electron chi connectivity index (χ4n) is 2.68. The van der Waals surface area contributed by atoms with Crippen LogP contribution in [0.2, 0.25) is 0 Å². The Morgan fingerprint density at radius 2 is 1.64 bits per heavy atom. The summed E-state index contributed by atoms with van der Waals surface area (Å²) in [6, 6.07) is 0. The molecular formula is C13H25F. The Balaban J connectivity index is 2.24. The average Bonchev–Trinajstić information content (AvgIpc) is 2.14. The van der Waals surface area contributed by atoms with Gasteiger partial charge in [0.2, 0.25) is 0 Å². The largest absolute Gasteiger partial charge is 0.251 e. The van der Waals surface area contributed by atoms with Crippen molar-refractivity contribution in [3.8, 4) is 0 Å². The lowest BCUT2D eigenvalue weighted by molar-refractivity contribution is 0.144. The summed E-state index contributed by atoms with van der Waals surface area (Å²) in [6.07, 6.45) is 7.29. The first-order valence-corrected chi connectivity index (χ1v) is 6.10. The summed E-state index contributed by atoms with van der Waals surface area (Å²) in [5, 5.41) is 0. The van der Waals surface area contributed by atoms with E-state index in [2.05, 4.69) is 20.8 Å². The van der Waals surface area contributed by atoms with Crippen molar-refractivity contribution < 1.29 is 4.39 Å². The van der Waals surface area contributed by atoms with E-state index >= 15 is 0 Å². The Labute approximate surface area is 88.3 Å². The summed E-state index contributed by atoms with van der Waals surface area (Å²) >= 11 is 0. The third-order valence-electron chi connectivity index (χ3n) is 3.82. The van der Waals surface area contributed by atoms with Gasteiger partial charge in [0.15, 0.2) is 0 Å². The van der Waals surface area contributed by atoms with Gasteiger partial charge < -0.3 is 0 Å². The molecule has 1 heteroatoms. The maximum absolute atomic E-state index is 12.0. The molecule has 0 aromatic rings. The van der Waals surface area contributed by atoms with Crippen molar-refractivity contribution in [2.75, 3.05) is 6.67 Å². The fourth-order valence-corrected chi connectivity index (χ4v) is 2.68. The van der Waals surface area contributed by atoms with Crippen molar-refractivity contribution in [2.24, 2.45) is 17.3 Å². The third kappa shape index (κ3) is 3.59. The minimum atomic E-state index is -0.126. The number of hydrogen-bond donors (Lipinski definition) is 0. The molecule has 0 aromatic heterocycles. The molecule has 1 aliphatic rings. The maximum atomic E-state index is 12.0. The topological polar surface area (TPSA) is 0 Å². The standard InChI is InChI=1S/C13H25F/c1-13(2,3)12-8-6-11(7-9-12)5-4-10-14/h11-12H,4-10H2,1-3H3. The number of alkyl halides is 1. The van der Waals surface area contributed by atoms with Crippen molar-refractivity contribution in [2.45, 2.75) is 59.3 Å². The summed E-state index contributed by atoms with van der Waals surface area (Å²) in [4.78, 5) is 0. The van der Waals surface area contributed by atoms with Gasteiger partial charge in [-0.25, -0.2) is 0 Å². The second-order valence-corrected chi connectivity index (χ2v) is 5.91. The molecule has 0 atom stereocenters. The first-order valence-electron chi connectivity index (χ1n) is 6.10. The average molecular weight is 200 g/mol. The zero-order chi connectivity index (χ0) is 10.6. The van der Waals surface area contributed by atoms with Gasteiger partial charge in [-0.15, -0.1) is 0 Å².